The van der Waals surface area contributed by atoms with Crippen molar-refractivity contribution in [1.29, 1.82) is 0 Å². The Morgan fingerprint density at radius 1 is 0.878 bits per heavy atom. The van der Waals surface area contributed by atoms with Gasteiger partial charge in [0.05, 0.1) is 17.7 Å². The van der Waals surface area contributed by atoms with Crippen molar-refractivity contribution >= 4 is 23.2 Å². The van der Waals surface area contributed by atoms with E-state index in [9.17, 15) is 40.3 Å². The van der Waals surface area contributed by atoms with Crippen LogP contribution in [-0.4, -0.2) is 48.4 Å². The van der Waals surface area contributed by atoms with Gasteiger partial charge in [-0.15, -0.1) is 11.3 Å². The molecule has 1 aromatic heterocycles. The Morgan fingerprint density at radius 3 is 2.00 bits per heavy atom. The van der Waals surface area contributed by atoms with E-state index in [1.54, 1.807) is 0 Å². The second-order valence-electron chi connectivity index (χ2n) is 9.27. The maximum atomic E-state index is 13.6. The van der Waals surface area contributed by atoms with Crippen molar-refractivity contribution < 1.29 is 45.1 Å². The molecule has 0 saturated heterocycles. The van der Waals surface area contributed by atoms with Gasteiger partial charge >= 0.3 is 12.4 Å². The normalized spacial score (nSPS) is 11.9. The fourth-order valence-electron chi connectivity index (χ4n) is 3.96. The number of carbonyl (C=O) groups excluding carboxylic acids is 2. The van der Waals surface area contributed by atoms with Crippen LogP contribution in [0.25, 0.3) is 0 Å². The van der Waals surface area contributed by atoms with Gasteiger partial charge in [0.15, 0.2) is 0 Å². The number of methoxy groups -OCH3 is 1. The third-order valence-corrected chi connectivity index (χ3v) is 7.17. The first-order valence-electron chi connectivity index (χ1n) is 12.3. The summed E-state index contributed by atoms with van der Waals surface area (Å²) in [5.74, 6) is -2.24. The van der Waals surface area contributed by atoms with E-state index in [2.05, 4.69) is 0 Å². The maximum Gasteiger partial charge on any atom is 0.416 e. The summed E-state index contributed by atoms with van der Waals surface area (Å²) in [6.07, 6.45) is -10.1. The number of benzene rings is 2. The second kappa shape index (κ2) is 13.5. The van der Waals surface area contributed by atoms with Gasteiger partial charge in [0, 0.05) is 37.2 Å². The van der Waals surface area contributed by atoms with E-state index in [1.165, 1.54) is 47.6 Å². The molecule has 0 bridgehead atoms. The molecule has 41 heavy (non-hydrogen) atoms. The second-order valence-corrected chi connectivity index (χ2v) is 10.3. The van der Waals surface area contributed by atoms with Crippen molar-refractivity contribution in [2.45, 2.75) is 38.8 Å². The molecule has 0 spiro atoms. The van der Waals surface area contributed by atoms with Gasteiger partial charge in [0.25, 0.3) is 5.91 Å². The standard InChI is InChI=1S/C28H27F7N2O3S/c1-18-8-11-41-24(18)16-37(15-19-4-6-23(29)7-5-19)25(38)17-36(9-3-10-40-2)26(39)20-12-21(27(30,31)32)14-22(13-20)28(33,34)35/h4-8,11-14H,3,9-10,15-17H2,1-2H3. The number of thiophene rings is 1. The smallest absolute Gasteiger partial charge is 0.385 e. The van der Waals surface area contributed by atoms with Crippen LogP contribution in [0.4, 0.5) is 30.7 Å². The van der Waals surface area contributed by atoms with Crippen molar-refractivity contribution in [3.8, 4) is 0 Å². The minimum absolute atomic E-state index is 0.0261. The average Bonchev–Trinajstić information content (AvgIpc) is 3.31. The van der Waals surface area contributed by atoms with Crippen molar-refractivity contribution in [1.82, 2.24) is 9.80 Å². The summed E-state index contributed by atoms with van der Waals surface area (Å²) in [5, 5.41) is 1.83. The van der Waals surface area contributed by atoms with E-state index >= 15 is 0 Å². The molecule has 5 nitrogen and oxygen atoms in total. The quantitative estimate of drug-likeness (QED) is 0.176. The van der Waals surface area contributed by atoms with Crippen molar-refractivity contribution in [2.75, 3.05) is 26.8 Å². The molecule has 1 heterocycles. The molecule has 0 atom stereocenters. The molecule has 3 aromatic rings. The van der Waals surface area contributed by atoms with E-state index in [-0.39, 0.29) is 38.7 Å². The summed E-state index contributed by atoms with van der Waals surface area (Å²) in [6.45, 7) is 1.34. The van der Waals surface area contributed by atoms with Crippen LogP contribution in [0.5, 0.6) is 0 Å². The van der Waals surface area contributed by atoms with Crippen LogP contribution < -0.4 is 0 Å². The van der Waals surface area contributed by atoms with Crippen LogP contribution in [0.3, 0.4) is 0 Å². The first-order chi connectivity index (χ1) is 19.2. The number of hydrogen-bond donors (Lipinski definition) is 0. The van der Waals surface area contributed by atoms with E-state index in [0.717, 1.165) is 15.3 Å². The lowest BCUT2D eigenvalue weighted by molar-refractivity contribution is -0.143. The van der Waals surface area contributed by atoms with E-state index < -0.39 is 53.2 Å². The summed E-state index contributed by atoms with van der Waals surface area (Å²) < 4.78 is 98.9. The van der Waals surface area contributed by atoms with Gasteiger partial charge in [-0.1, -0.05) is 12.1 Å². The number of hydrogen-bond acceptors (Lipinski definition) is 4. The number of alkyl halides is 6. The molecule has 0 radical (unpaired) electrons. The van der Waals surface area contributed by atoms with Gasteiger partial charge < -0.3 is 14.5 Å². The topological polar surface area (TPSA) is 49.9 Å². The zero-order chi connectivity index (χ0) is 30.4. The Balaban J connectivity index is 1.95. The predicted molar refractivity (Wildman–Crippen MR) is 139 cm³/mol. The van der Waals surface area contributed by atoms with Gasteiger partial charge in [-0.2, -0.15) is 26.3 Å². The lowest BCUT2D eigenvalue weighted by Crippen LogP contribution is -2.43. The zero-order valence-electron chi connectivity index (χ0n) is 22.1. The molecule has 3 rings (SSSR count). The molecule has 0 aliphatic rings. The van der Waals surface area contributed by atoms with Crippen LogP contribution in [0.1, 0.15) is 43.9 Å². The predicted octanol–water partition coefficient (Wildman–Crippen LogP) is 6.94. The number of nitrogens with zero attached hydrogens (tertiary/aromatic N) is 2. The fraction of sp³-hybridized carbons (Fsp3) is 0.357. The lowest BCUT2D eigenvalue weighted by Gasteiger charge is -2.28. The van der Waals surface area contributed by atoms with Crippen molar-refractivity contribution in [2.24, 2.45) is 0 Å². The van der Waals surface area contributed by atoms with Gasteiger partial charge in [0.2, 0.25) is 5.91 Å². The summed E-state index contributed by atoms with van der Waals surface area (Å²) in [6, 6.07) is 7.90. The Bertz CT molecular complexity index is 1310. The van der Waals surface area contributed by atoms with Crippen molar-refractivity contribution in [3.63, 3.8) is 0 Å². The molecule has 0 N–H and O–H groups in total. The molecule has 0 aliphatic carbocycles. The molecule has 0 fully saturated rings. The number of rotatable bonds is 11. The Morgan fingerprint density at radius 2 is 1.49 bits per heavy atom. The Labute approximate surface area is 236 Å². The van der Waals surface area contributed by atoms with Crippen LogP contribution in [0.15, 0.2) is 53.9 Å². The van der Waals surface area contributed by atoms with Crippen LogP contribution >= 0.6 is 11.3 Å². The summed E-state index contributed by atoms with van der Waals surface area (Å²) >= 11 is 1.39. The number of carbonyl (C=O) groups is 2. The maximum absolute atomic E-state index is 13.6. The monoisotopic (exact) mass is 604 g/mol. The highest BCUT2D eigenvalue weighted by Crippen LogP contribution is 2.36. The van der Waals surface area contributed by atoms with Gasteiger partial charge in [0.1, 0.15) is 12.4 Å². The molecule has 0 saturated carbocycles. The van der Waals surface area contributed by atoms with Crippen LogP contribution in [0, 0.1) is 12.7 Å². The largest absolute Gasteiger partial charge is 0.416 e. The minimum atomic E-state index is -5.14. The van der Waals surface area contributed by atoms with Gasteiger partial charge in [-0.25, -0.2) is 4.39 Å². The van der Waals surface area contributed by atoms with Gasteiger partial charge in [-0.05, 0) is 66.2 Å². The van der Waals surface area contributed by atoms with Crippen LogP contribution in [0.2, 0.25) is 0 Å². The summed E-state index contributed by atoms with van der Waals surface area (Å²) in [4.78, 5) is 30.1. The number of halogens is 7. The third kappa shape index (κ3) is 9.02. The van der Waals surface area contributed by atoms with E-state index in [0.29, 0.717) is 17.7 Å². The molecule has 222 valence electrons. The highest BCUT2D eigenvalue weighted by Gasteiger charge is 2.38. The van der Waals surface area contributed by atoms with E-state index in [1.807, 2.05) is 18.4 Å². The molecule has 2 aromatic carbocycles. The first-order valence-corrected chi connectivity index (χ1v) is 13.2. The lowest BCUT2D eigenvalue weighted by atomic mass is 10.0. The molecular weight excluding hydrogens is 577 g/mol. The molecule has 0 unspecified atom stereocenters. The molecule has 13 heteroatoms. The fourth-order valence-corrected chi connectivity index (χ4v) is 4.88. The Hall–Kier alpha value is -3.45. The first kappa shape index (κ1) is 32.1. The zero-order valence-corrected chi connectivity index (χ0v) is 22.9. The minimum Gasteiger partial charge on any atom is -0.385 e. The SMILES string of the molecule is COCCCN(CC(=O)N(Cc1ccc(F)cc1)Cc1sccc1C)C(=O)c1cc(C(F)(F)F)cc(C(F)(F)F)c1. The van der Waals surface area contributed by atoms with Crippen LogP contribution in [-0.2, 0) is 35.0 Å². The highest BCUT2D eigenvalue weighted by molar-refractivity contribution is 7.10. The molecule has 2 amide bonds. The highest BCUT2D eigenvalue weighted by atomic mass is 32.1. The molecular formula is C28H27F7N2O3S. The summed E-state index contributed by atoms with van der Waals surface area (Å²) in [5.41, 5.74) is -2.63. The summed E-state index contributed by atoms with van der Waals surface area (Å²) in [7, 11) is 1.38. The van der Waals surface area contributed by atoms with Crippen molar-refractivity contribution in [3.05, 3.63) is 92.4 Å². The number of ether oxygens (including phenoxy) is 1. The number of aryl methyl sites for hydroxylation is 1. The Kier molecular flexibility index (Phi) is 10.5. The number of amides is 2. The average molecular weight is 605 g/mol. The third-order valence-electron chi connectivity index (χ3n) is 6.17. The molecule has 0 aliphatic heterocycles. The van der Waals surface area contributed by atoms with E-state index in [4.69, 9.17) is 4.74 Å². The van der Waals surface area contributed by atoms with Gasteiger partial charge in [-0.3, -0.25) is 9.59 Å².